The second-order valence-electron chi connectivity index (χ2n) is 5.30. The van der Waals surface area contributed by atoms with Gasteiger partial charge >= 0.3 is 0 Å². The van der Waals surface area contributed by atoms with E-state index in [2.05, 4.69) is 40.0 Å². The Bertz CT molecular complexity index is 418. The Morgan fingerprint density at radius 2 is 2.17 bits per heavy atom. The molecule has 1 N–H and O–H groups in total. The largest absolute Gasteiger partial charge is 0.496 e. The SMILES string of the molecule is COc1ccc(CN(C)CC2(CO)CC2)cc1Br. The smallest absolute Gasteiger partial charge is 0.133 e. The van der Waals surface area contributed by atoms with Crippen molar-refractivity contribution in [1.82, 2.24) is 4.90 Å². The zero-order valence-corrected chi connectivity index (χ0v) is 12.5. The van der Waals surface area contributed by atoms with E-state index in [1.54, 1.807) is 7.11 Å². The van der Waals surface area contributed by atoms with Crippen molar-refractivity contribution in [3.05, 3.63) is 28.2 Å². The Balaban J connectivity index is 1.94. The summed E-state index contributed by atoms with van der Waals surface area (Å²) in [5, 5.41) is 9.33. The highest BCUT2D eigenvalue weighted by atomic mass is 79.9. The summed E-state index contributed by atoms with van der Waals surface area (Å²) in [5.74, 6) is 0.857. The molecule has 1 aliphatic rings. The summed E-state index contributed by atoms with van der Waals surface area (Å²) in [5.41, 5.74) is 1.43. The number of aliphatic hydroxyl groups is 1. The van der Waals surface area contributed by atoms with Crippen LogP contribution < -0.4 is 4.74 Å². The van der Waals surface area contributed by atoms with Crippen molar-refractivity contribution in [1.29, 1.82) is 0 Å². The average molecular weight is 314 g/mol. The van der Waals surface area contributed by atoms with Crippen molar-refractivity contribution in [3.8, 4) is 5.75 Å². The van der Waals surface area contributed by atoms with E-state index in [4.69, 9.17) is 4.74 Å². The summed E-state index contributed by atoms with van der Waals surface area (Å²) < 4.78 is 6.20. The van der Waals surface area contributed by atoms with Crippen molar-refractivity contribution in [2.75, 3.05) is 27.3 Å². The van der Waals surface area contributed by atoms with Crippen LogP contribution in [0.4, 0.5) is 0 Å². The maximum Gasteiger partial charge on any atom is 0.133 e. The van der Waals surface area contributed by atoms with Crippen molar-refractivity contribution < 1.29 is 9.84 Å². The molecule has 0 bridgehead atoms. The first kappa shape index (κ1) is 13.8. The predicted octanol–water partition coefficient (Wildman–Crippen LogP) is 2.66. The van der Waals surface area contributed by atoms with E-state index in [0.717, 1.165) is 36.2 Å². The Morgan fingerprint density at radius 1 is 1.44 bits per heavy atom. The Hall–Kier alpha value is -0.580. The molecular formula is C14H20BrNO2. The molecule has 0 saturated heterocycles. The van der Waals surface area contributed by atoms with Gasteiger partial charge in [0.2, 0.25) is 0 Å². The molecule has 1 fully saturated rings. The molecule has 0 radical (unpaired) electrons. The molecule has 1 aromatic rings. The number of nitrogens with zero attached hydrogens (tertiary/aromatic N) is 1. The van der Waals surface area contributed by atoms with E-state index in [9.17, 15) is 5.11 Å². The van der Waals surface area contributed by atoms with Crippen LogP contribution in [-0.2, 0) is 6.54 Å². The zero-order valence-electron chi connectivity index (χ0n) is 10.9. The van der Waals surface area contributed by atoms with Gasteiger partial charge in [0.05, 0.1) is 11.6 Å². The lowest BCUT2D eigenvalue weighted by molar-refractivity contribution is 0.161. The number of methoxy groups -OCH3 is 1. The van der Waals surface area contributed by atoms with Gasteiger partial charge < -0.3 is 14.7 Å². The van der Waals surface area contributed by atoms with Gasteiger partial charge in [0.1, 0.15) is 5.75 Å². The summed E-state index contributed by atoms with van der Waals surface area (Å²) in [6.45, 7) is 2.17. The van der Waals surface area contributed by atoms with E-state index in [0.29, 0.717) is 6.61 Å². The van der Waals surface area contributed by atoms with Gasteiger partial charge in [-0.1, -0.05) is 6.07 Å². The number of halogens is 1. The number of hydrogen-bond donors (Lipinski definition) is 1. The van der Waals surface area contributed by atoms with Gasteiger partial charge in [-0.3, -0.25) is 0 Å². The van der Waals surface area contributed by atoms with E-state index in [1.807, 2.05) is 6.07 Å². The summed E-state index contributed by atoms with van der Waals surface area (Å²) in [6.07, 6.45) is 2.31. The molecule has 0 aromatic heterocycles. The number of hydrogen-bond acceptors (Lipinski definition) is 3. The highest BCUT2D eigenvalue weighted by Gasteiger charge is 2.42. The molecule has 18 heavy (non-hydrogen) atoms. The molecule has 0 heterocycles. The highest BCUT2D eigenvalue weighted by Crippen LogP contribution is 2.45. The quantitative estimate of drug-likeness (QED) is 0.876. The first-order valence-electron chi connectivity index (χ1n) is 6.20. The van der Waals surface area contributed by atoms with Gasteiger partial charge in [-0.2, -0.15) is 0 Å². The van der Waals surface area contributed by atoms with Gasteiger partial charge in [-0.25, -0.2) is 0 Å². The first-order valence-corrected chi connectivity index (χ1v) is 7.00. The lowest BCUT2D eigenvalue weighted by Crippen LogP contribution is -2.28. The molecule has 1 aromatic carbocycles. The molecule has 0 unspecified atom stereocenters. The molecule has 0 spiro atoms. The van der Waals surface area contributed by atoms with Gasteiger partial charge in [0.25, 0.3) is 0 Å². The van der Waals surface area contributed by atoms with Crippen LogP contribution in [0.2, 0.25) is 0 Å². The molecule has 2 rings (SSSR count). The molecule has 100 valence electrons. The molecule has 1 saturated carbocycles. The van der Waals surface area contributed by atoms with Crippen LogP contribution in [0.5, 0.6) is 5.75 Å². The van der Waals surface area contributed by atoms with Gasteiger partial charge in [-0.15, -0.1) is 0 Å². The van der Waals surface area contributed by atoms with E-state index >= 15 is 0 Å². The van der Waals surface area contributed by atoms with Crippen molar-refractivity contribution in [2.24, 2.45) is 5.41 Å². The lowest BCUT2D eigenvalue weighted by atomic mass is 10.1. The number of ether oxygens (including phenoxy) is 1. The topological polar surface area (TPSA) is 32.7 Å². The van der Waals surface area contributed by atoms with Crippen LogP contribution in [0.1, 0.15) is 18.4 Å². The molecule has 1 aliphatic carbocycles. The van der Waals surface area contributed by atoms with E-state index in [1.165, 1.54) is 5.56 Å². The minimum absolute atomic E-state index is 0.179. The van der Waals surface area contributed by atoms with Gasteiger partial charge in [-0.05, 0) is 53.5 Å². The number of rotatable bonds is 6. The van der Waals surface area contributed by atoms with Crippen LogP contribution in [0, 0.1) is 5.41 Å². The summed E-state index contributed by atoms with van der Waals surface area (Å²) in [7, 11) is 3.78. The molecule has 0 amide bonds. The predicted molar refractivity (Wildman–Crippen MR) is 75.8 cm³/mol. The monoisotopic (exact) mass is 313 g/mol. The normalized spacial score (nSPS) is 16.9. The standard InChI is InChI=1S/C14H20BrNO2/c1-16(9-14(10-17)5-6-14)8-11-3-4-13(18-2)12(15)7-11/h3-4,7,17H,5-6,8-10H2,1-2H3. The third-order valence-electron chi connectivity index (χ3n) is 3.57. The highest BCUT2D eigenvalue weighted by molar-refractivity contribution is 9.10. The fraction of sp³-hybridized carbons (Fsp3) is 0.571. The maximum absolute atomic E-state index is 9.33. The van der Waals surface area contributed by atoms with Crippen molar-refractivity contribution in [3.63, 3.8) is 0 Å². The fourth-order valence-electron chi connectivity index (χ4n) is 2.29. The summed E-state index contributed by atoms with van der Waals surface area (Å²) in [6, 6.07) is 6.15. The van der Waals surface area contributed by atoms with Crippen LogP contribution in [-0.4, -0.2) is 37.3 Å². The number of benzene rings is 1. The van der Waals surface area contributed by atoms with Crippen LogP contribution in [0.3, 0.4) is 0 Å². The lowest BCUT2D eigenvalue weighted by Gasteiger charge is -2.22. The molecule has 0 atom stereocenters. The second kappa shape index (κ2) is 5.59. The summed E-state index contributed by atoms with van der Waals surface area (Å²) in [4.78, 5) is 2.28. The fourth-order valence-corrected chi connectivity index (χ4v) is 2.88. The molecular weight excluding hydrogens is 294 g/mol. The summed E-state index contributed by atoms with van der Waals surface area (Å²) >= 11 is 3.50. The zero-order chi connectivity index (χ0) is 13.2. The van der Waals surface area contributed by atoms with Crippen molar-refractivity contribution in [2.45, 2.75) is 19.4 Å². The molecule has 3 nitrogen and oxygen atoms in total. The van der Waals surface area contributed by atoms with Crippen LogP contribution in [0.25, 0.3) is 0 Å². The van der Waals surface area contributed by atoms with Crippen LogP contribution >= 0.6 is 15.9 Å². The molecule has 0 aliphatic heterocycles. The minimum Gasteiger partial charge on any atom is -0.496 e. The molecule has 4 heteroatoms. The van der Waals surface area contributed by atoms with Gasteiger partial charge in [0, 0.05) is 25.1 Å². The third kappa shape index (κ3) is 3.25. The Labute approximate surface area is 117 Å². The second-order valence-corrected chi connectivity index (χ2v) is 6.15. The van der Waals surface area contributed by atoms with Gasteiger partial charge in [0.15, 0.2) is 0 Å². The first-order chi connectivity index (χ1) is 8.58. The van der Waals surface area contributed by atoms with Crippen molar-refractivity contribution >= 4 is 15.9 Å². The van der Waals surface area contributed by atoms with Crippen LogP contribution in [0.15, 0.2) is 22.7 Å². The Morgan fingerprint density at radius 3 is 2.67 bits per heavy atom. The Kier molecular flexibility index (Phi) is 4.30. The number of aliphatic hydroxyl groups excluding tert-OH is 1. The van der Waals surface area contributed by atoms with E-state index < -0.39 is 0 Å². The minimum atomic E-state index is 0.179. The van der Waals surface area contributed by atoms with E-state index in [-0.39, 0.29) is 5.41 Å². The third-order valence-corrected chi connectivity index (χ3v) is 4.19. The average Bonchev–Trinajstić information content (AvgIpc) is 3.09. The maximum atomic E-state index is 9.33.